The fourth-order valence-electron chi connectivity index (χ4n) is 3.16. The molecule has 0 aliphatic carbocycles. The zero-order valence-electron chi connectivity index (χ0n) is 12.6. The number of carbonyl (C=O) groups excluding carboxylic acids is 1. The van der Waals surface area contributed by atoms with Crippen molar-refractivity contribution in [3.8, 4) is 0 Å². The largest absolute Gasteiger partial charge is 0.293 e. The Morgan fingerprint density at radius 2 is 1.95 bits per heavy atom. The lowest BCUT2D eigenvalue weighted by atomic mass is 9.74. The zero-order valence-corrected chi connectivity index (χ0v) is 14.2. The number of thiophene rings is 1. The molecule has 1 aliphatic rings. The Morgan fingerprint density at radius 1 is 1.35 bits per heavy atom. The van der Waals surface area contributed by atoms with Gasteiger partial charge in [-0.05, 0) is 50.4 Å². The fourth-order valence-corrected chi connectivity index (χ4v) is 4.23. The number of hydrogen-bond donors (Lipinski definition) is 0. The van der Waals surface area contributed by atoms with E-state index in [9.17, 15) is 4.79 Å². The smallest absolute Gasteiger partial charge is 0.189 e. The van der Waals surface area contributed by atoms with E-state index in [-0.39, 0.29) is 11.8 Å². The van der Waals surface area contributed by atoms with Gasteiger partial charge in [-0.25, -0.2) is 0 Å². The summed E-state index contributed by atoms with van der Waals surface area (Å²) in [6.07, 6.45) is 4.92. The van der Waals surface area contributed by atoms with Crippen molar-refractivity contribution in [3.63, 3.8) is 0 Å². The van der Waals surface area contributed by atoms with Crippen LogP contribution in [0.4, 0.5) is 0 Å². The van der Waals surface area contributed by atoms with Gasteiger partial charge >= 0.3 is 0 Å². The number of rotatable bonds is 5. The van der Waals surface area contributed by atoms with Gasteiger partial charge in [0.1, 0.15) is 0 Å². The molecule has 1 unspecified atom stereocenters. The minimum absolute atomic E-state index is 0.0311. The molecule has 0 aromatic carbocycles. The Balaban J connectivity index is 1.98. The first-order valence-electron chi connectivity index (χ1n) is 7.55. The summed E-state index contributed by atoms with van der Waals surface area (Å²) in [6.45, 7) is 8.69. The topological polar surface area (TPSA) is 20.3 Å². The van der Waals surface area contributed by atoms with E-state index in [2.05, 4.69) is 18.7 Å². The third-order valence-electron chi connectivity index (χ3n) is 5.10. The van der Waals surface area contributed by atoms with Crippen molar-refractivity contribution in [1.82, 2.24) is 4.90 Å². The van der Waals surface area contributed by atoms with Crippen molar-refractivity contribution in [2.24, 2.45) is 5.41 Å². The first-order valence-corrected chi connectivity index (χ1v) is 8.74. The Labute approximate surface area is 131 Å². The molecule has 4 heteroatoms. The molecule has 0 amide bonds. The number of Topliss-reactive ketones (excluding diaryl/α,β-unsaturated/α-hetero) is 1. The van der Waals surface area contributed by atoms with Crippen molar-refractivity contribution < 1.29 is 4.79 Å². The van der Waals surface area contributed by atoms with Gasteiger partial charge in [-0.15, -0.1) is 11.3 Å². The highest BCUT2D eigenvalue weighted by Gasteiger charge is 2.34. The van der Waals surface area contributed by atoms with Crippen molar-refractivity contribution in [3.05, 3.63) is 21.3 Å². The highest BCUT2D eigenvalue weighted by atomic mass is 35.5. The molecule has 1 aromatic rings. The average molecular weight is 314 g/mol. The summed E-state index contributed by atoms with van der Waals surface area (Å²) in [6, 6.07) is 3.62. The van der Waals surface area contributed by atoms with Crippen LogP contribution in [-0.2, 0) is 0 Å². The molecular weight excluding hydrogens is 290 g/mol. The number of hydrogen-bond acceptors (Lipinski definition) is 3. The number of halogens is 1. The lowest BCUT2D eigenvalue weighted by Crippen LogP contribution is -2.46. The number of likely N-dealkylation sites (tertiary alicyclic amines) is 1. The molecule has 2 heterocycles. The van der Waals surface area contributed by atoms with E-state index in [1.807, 2.05) is 19.1 Å². The van der Waals surface area contributed by atoms with E-state index in [4.69, 9.17) is 11.6 Å². The van der Waals surface area contributed by atoms with Crippen molar-refractivity contribution >= 4 is 28.7 Å². The van der Waals surface area contributed by atoms with Gasteiger partial charge in [-0.1, -0.05) is 38.3 Å². The van der Waals surface area contributed by atoms with Gasteiger partial charge in [0.2, 0.25) is 0 Å². The monoisotopic (exact) mass is 313 g/mol. The minimum atomic E-state index is -0.0311. The Bertz CT molecular complexity index is 457. The molecule has 112 valence electrons. The standard InChI is InChI=1S/C16H24ClNOS/c1-4-16(5-2)8-10-18(11-9-16)12(3)15(19)13-6-7-14(17)20-13/h6-7,12H,4-5,8-11H2,1-3H3. The van der Waals surface area contributed by atoms with Gasteiger partial charge in [0.05, 0.1) is 15.3 Å². The number of piperidine rings is 1. The molecule has 0 radical (unpaired) electrons. The molecule has 1 aliphatic heterocycles. The van der Waals surface area contributed by atoms with Gasteiger partial charge in [0.15, 0.2) is 5.78 Å². The van der Waals surface area contributed by atoms with E-state index in [1.165, 1.54) is 37.0 Å². The highest BCUT2D eigenvalue weighted by molar-refractivity contribution is 7.18. The third-order valence-corrected chi connectivity index (χ3v) is 6.35. The lowest BCUT2D eigenvalue weighted by Gasteiger charge is -2.42. The summed E-state index contributed by atoms with van der Waals surface area (Å²) >= 11 is 7.31. The zero-order chi connectivity index (χ0) is 14.8. The van der Waals surface area contributed by atoms with Crippen LogP contribution in [-0.4, -0.2) is 29.8 Å². The summed E-state index contributed by atoms with van der Waals surface area (Å²) in [5.41, 5.74) is 0.505. The molecular formula is C16H24ClNOS. The molecule has 2 nitrogen and oxygen atoms in total. The van der Waals surface area contributed by atoms with Crippen LogP contribution in [0.5, 0.6) is 0 Å². The summed E-state index contributed by atoms with van der Waals surface area (Å²) in [4.78, 5) is 15.6. The van der Waals surface area contributed by atoms with E-state index < -0.39 is 0 Å². The molecule has 1 atom stereocenters. The first kappa shape index (κ1) is 16.0. The minimum Gasteiger partial charge on any atom is -0.293 e. The second kappa shape index (κ2) is 6.59. The normalized spacial score (nSPS) is 20.8. The number of nitrogens with zero attached hydrogens (tertiary/aromatic N) is 1. The van der Waals surface area contributed by atoms with Gasteiger partial charge in [-0.2, -0.15) is 0 Å². The van der Waals surface area contributed by atoms with E-state index in [0.717, 1.165) is 18.0 Å². The quantitative estimate of drug-likeness (QED) is 0.722. The predicted molar refractivity (Wildman–Crippen MR) is 86.9 cm³/mol. The predicted octanol–water partition coefficient (Wildman–Crippen LogP) is 4.87. The lowest BCUT2D eigenvalue weighted by molar-refractivity contribution is 0.0577. The van der Waals surface area contributed by atoms with Crippen LogP contribution in [0.15, 0.2) is 12.1 Å². The molecule has 1 fully saturated rings. The van der Waals surface area contributed by atoms with Crippen LogP contribution in [0.2, 0.25) is 4.34 Å². The van der Waals surface area contributed by atoms with Gasteiger partial charge in [0.25, 0.3) is 0 Å². The fraction of sp³-hybridized carbons (Fsp3) is 0.688. The maximum atomic E-state index is 12.5. The van der Waals surface area contributed by atoms with Crippen molar-refractivity contribution in [2.75, 3.05) is 13.1 Å². The SMILES string of the molecule is CCC1(CC)CCN(C(C)C(=O)c2ccc(Cl)s2)CC1. The number of ketones is 1. The number of carbonyl (C=O) groups is 1. The van der Waals surface area contributed by atoms with Crippen LogP contribution in [0.1, 0.15) is 56.1 Å². The van der Waals surface area contributed by atoms with Crippen LogP contribution < -0.4 is 0 Å². The van der Waals surface area contributed by atoms with Crippen LogP contribution >= 0.6 is 22.9 Å². The second-order valence-electron chi connectivity index (χ2n) is 5.89. The average Bonchev–Trinajstić information content (AvgIpc) is 2.92. The van der Waals surface area contributed by atoms with Crippen molar-refractivity contribution in [1.29, 1.82) is 0 Å². The summed E-state index contributed by atoms with van der Waals surface area (Å²) < 4.78 is 0.690. The maximum absolute atomic E-state index is 12.5. The van der Waals surface area contributed by atoms with Crippen LogP contribution in [0.3, 0.4) is 0 Å². The molecule has 20 heavy (non-hydrogen) atoms. The molecule has 1 aromatic heterocycles. The Morgan fingerprint density at radius 3 is 2.40 bits per heavy atom. The van der Waals surface area contributed by atoms with Gasteiger partial charge in [0, 0.05) is 0 Å². The van der Waals surface area contributed by atoms with Gasteiger partial charge < -0.3 is 0 Å². The summed E-state index contributed by atoms with van der Waals surface area (Å²) in [7, 11) is 0. The molecule has 0 N–H and O–H groups in total. The molecule has 0 bridgehead atoms. The first-order chi connectivity index (χ1) is 9.51. The molecule has 2 rings (SSSR count). The highest BCUT2D eigenvalue weighted by Crippen LogP contribution is 2.38. The van der Waals surface area contributed by atoms with E-state index >= 15 is 0 Å². The summed E-state index contributed by atoms with van der Waals surface area (Å²) in [5, 5.41) is 0. The van der Waals surface area contributed by atoms with Gasteiger partial charge in [-0.3, -0.25) is 9.69 Å². The van der Waals surface area contributed by atoms with Crippen LogP contribution in [0, 0.1) is 5.41 Å². The third kappa shape index (κ3) is 3.26. The maximum Gasteiger partial charge on any atom is 0.189 e. The molecule has 0 saturated carbocycles. The summed E-state index contributed by atoms with van der Waals surface area (Å²) in [5.74, 6) is 0.211. The van der Waals surface area contributed by atoms with Crippen molar-refractivity contribution in [2.45, 2.75) is 52.5 Å². The second-order valence-corrected chi connectivity index (χ2v) is 7.60. The molecule has 0 spiro atoms. The Kier molecular flexibility index (Phi) is 5.27. The molecule has 1 saturated heterocycles. The van der Waals surface area contributed by atoms with Crippen LogP contribution in [0.25, 0.3) is 0 Å². The van der Waals surface area contributed by atoms with E-state index in [0.29, 0.717) is 9.75 Å². The van der Waals surface area contributed by atoms with E-state index in [1.54, 1.807) is 0 Å². The Hall–Kier alpha value is -0.380.